The van der Waals surface area contributed by atoms with E-state index < -0.39 is 7.96 Å². The summed E-state index contributed by atoms with van der Waals surface area (Å²) in [5.41, 5.74) is 0. The maximum absolute atomic E-state index is 11.6. The average molecular weight is 367 g/mol. The van der Waals surface area contributed by atoms with Gasteiger partial charge in [-0.05, 0) is 44.0 Å². The first-order valence-electron chi connectivity index (χ1n) is 2.50. The van der Waals surface area contributed by atoms with Crippen LogP contribution in [-0.4, -0.2) is 6.89 Å². The number of halogens is 3. The summed E-state index contributed by atoms with van der Waals surface area (Å²) in [4.78, 5) is 0. The molecule has 62 valence electrons. The van der Waals surface area contributed by atoms with E-state index in [2.05, 4.69) is 46.7 Å². The number of hydrogen-bond acceptors (Lipinski definition) is 2. The summed E-state index contributed by atoms with van der Waals surface area (Å²) in [6.45, 7) is 0. The molecule has 1 aromatic heterocycles. The minimum atomic E-state index is -2.39. The maximum Gasteiger partial charge on any atom is 0.194 e. The molecule has 6 heteroatoms. The topological polar surface area (TPSA) is 30.2 Å². The molecule has 0 saturated carbocycles. The first kappa shape index (κ1) is 9.83. The Morgan fingerprint density at radius 3 is 2.55 bits per heavy atom. The van der Waals surface area contributed by atoms with E-state index in [0.29, 0.717) is 7.78 Å². The van der Waals surface area contributed by atoms with Gasteiger partial charge >= 0.3 is 0 Å². The van der Waals surface area contributed by atoms with E-state index in [1.807, 2.05) is 0 Å². The monoisotopic (exact) mass is 364 g/mol. The molecular weight excluding hydrogens is 364 g/mol. The molecule has 1 aromatic rings. The molecule has 0 N–H and O–H groups in total. The van der Waals surface area contributed by atoms with Gasteiger partial charge in [-0.2, -0.15) is 0 Å². The Kier molecular flexibility index (Phi) is 3.25. The quantitative estimate of drug-likeness (QED) is 0.564. The molecule has 1 atom stereocenters. The highest BCUT2D eigenvalue weighted by atomic mass is 79.9. The second-order valence-corrected chi connectivity index (χ2v) is 9.86. The van der Waals surface area contributed by atoms with Crippen molar-refractivity contribution in [2.75, 3.05) is 0 Å². The lowest BCUT2D eigenvalue weighted by molar-refractivity contribution is 0.467. The predicted molar refractivity (Wildman–Crippen MR) is 56.9 cm³/mol. The largest absolute Gasteiger partial charge is 0.455 e. The van der Waals surface area contributed by atoms with Crippen molar-refractivity contribution in [2.24, 2.45) is 0 Å². The fraction of sp³-hybridized carbons (Fsp3) is 0. The predicted octanol–water partition coefficient (Wildman–Crippen LogP) is 3.11. The fourth-order valence-corrected chi connectivity index (χ4v) is 2.58. The van der Waals surface area contributed by atoms with Crippen molar-refractivity contribution in [3.8, 4) is 0 Å². The zero-order valence-electron chi connectivity index (χ0n) is 5.09. The maximum atomic E-state index is 11.6. The Balaban J connectivity index is 3.34. The summed E-state index contributed by atoms with van der Waals surface area (Å²) in [6.07, 6.45) is 1.47. The highest BCUT2D eigenvalue weighted by molar-refractivity contribution is 9.55. The third-order valence-electron chi connectivity index (χ3n) is 0.952. The van der Waals surface area contributed by atoms with Crippen LogP contribution in [0.25, 0.3) is 0 Å². The van der Waals surface area contributed by atoms with Crippen LogP contribution in [0.2, 0.25) is 0 Å². The Hall–Kier alpha value is 0.740. The highest BCUT2D eigenvalue weighted by Gasteiger charge is 2.12. The van der Waals surface area contributed by atoms with E-state index >= 15 is 0 Å². The molecule has 0 aromatic carbocycles. The van der Waals surface area contributed by atoms with Gasteiger partial charge in [0, 0.05) is 14.8 Å². The van der Waals surface area contributed by atoms with Gasteiger partial charge in [0.2, 0.25) is 0 Å². The zero-order valence-corrected chi connectivity index (χ0v) is 10.7. The van der Waals surface area contributed by atoms with Crippen LogP contribution in [-0.2, 0) is 7.96 Å². The minimum absolute atomic E-state index is 0.390. The van der Waals surface area contributed by atoms with E-state index in [1.165, 1.54) is 6.26 Å². The molecule has 1 rings (SSSR count). The van der Waals surface area contributed by atoms with Gasteiger partial charge in [-0.25, -0.2) is 4.21 Å². The first-order chi connectivity index (χ1) is 5.05. The van der Waals surface area contributed by atoms with Crippen LogP contribution in [0.5, 0.6) is 0 Å². The first-order valence-corrected chi connectivity index (χ1v) is 7.49. The van der Waals surface area contributed by atoms with Crippen molar-refractivity contribution in [2.45, 2.75) is 5.09 Å². The molecule has 0 bridgehead atoms. The zero-order chi connectivity index (χ0) is 8.48. The van der Waals surface area contributed by atoms with Crippen LogP contribution in [0.4, 0.5) is 0 Å². The van der Waals surface area contributed by atoms with Crippen molar-refractivity contribution in [3.63, 3.8) is 0 Å². The number of rotatable bonds is 1. The van der Waals surface area contributed by atoms with E-state index in [0.717, 1.165) is 0 Å². The molecule has 1 heterocycles. The van der Waals surface area contributed by atoms with Gasteiger partial charge in [-0.3, -0.25) is 0 Å². The summed E-state index contributed by atoms with van der Waals surface area (Å²) < 4.78 is 17.0. The lowest BCUT2D eigenvalue weighted by atomic mass is 10.7. The van der Waals surface area contributed by atoms with Crippen LogP contribution < -0.4 is 0 Å². The fourth-order valence-electron chi connectivity index (χ4n) is 0.489. The summed E-state index contributed by atoms with van der Waals surface area (Å²) in [5.74, 6) is 0. The van der Waals surface area contributed by atoms with Crippen LogP contribution in [0.3, 0.4) is 0 Å². The SMILES string of the molecule is O=S(Br)(=C(Br)Br)c1ccco1. The van der Waals surface area contributed by atoms with Crippen LogP contribution in [0, 0.1) is 0 Å². The molecule has 0 aliphatic heterocycles. The van der Waals surface area contributed by atoms with Crippen molar-refractivity contribution < 1.29 is 8.63 Å². The summed E-state index contributed by atoms with van der Waals surface area (Å²) in [6, 6.07) is 3.32. The van der Waals surface area contributed by atoms with Gasteiger partial charge in [0.1, 0.15) is 10.6 Å². The van der Waals surface area contributed by atoms with Gasteiger partial charge in [-0.15, -0.1) is 0 Å². The van der Waals surface area contributed by atoms with Crippen molar-refractivity contribution in [1.29, 1.82) is 0 Å². The molecular formula is C5H3Br3O2S. The normalized spacial score (nSPS) is 15.9. The molecule has 0 amide bonds. The van der Waals surface area contributed by atoms with Crippen molar-refractivity contribution >= 4 is 57.3 Å². The summed E-state index contributed by atoms with van der Waals surface area (Å²) in [5, 5.41) is 0.390. The Morgan fingerprint density at radius 2 is 2.18 bits per heavy atom. The van der Waals surface area contributed by atoms with Gasteiger partial charge in [0.25, 0.3) is 0 Å². The van der Waals surface area contributed by atoms with Gasteiger partial charge < -0.3 is 4.42 Å². The molecule has 11 heavy (non-hydrogen) atoms. The molecule has 0 fully saturated rings. The molecule has 0 aliphatic carbocycles. The number of furan rings is 1. The van der Waals surface area contributed by atoms with E-state index in [9.17, 15) is 4.21 Å². The molecule has 0 aliphatic rings. The number of hydrogen-bond donors (Lipinski definition) is 0. The third-order valence-corrected chi connectivity index (χ3v) is 9.37. The smallest absolute Gasteiger partial charge is 0.194 e. The molecule has 1 unspecified atom stereocenters. The van der Waals surface area contributed by atoms with Gasteiger partial charge in [-0.1, -0.05) is 0 Å². The standard InChI is InChI=1S/C5H3Br3O2S/c6-5(7)11(8,9)4-2-1-3-10-4/h1-3H. The Labute approximate surface area is 88.8 Å². The Morgan fingerprint density at radius 1 is 1.55 bits per heavy atom. The van der Waals surface area contributed by atoms with Crippen LogP contribution in [0.1, 0.15) is 0 Å². The third kappa shape index (κ3) is 2.11. The van der Waals surface area contributed by atoms with E-state index in [4.69, 9.17) is 4.42 Å². The second-order valence-electron chi connectivity index (χ2n) is 1.64. The molecule has 0 radical (unpaired) electrons. The van der Waals surface area contributed by atoms with Crippen LogP contribution >= 0.6 is 46.7 Å². The summed E-state index contributed by atoms with van der Waals surface area (Å²) >= 11 is 9.17. The highest BCUT2D eigenvalue weighted by Crippen LogP contribution is 2.24. The lowest BCUT2D eigenvalue weighted by Gasteiger charge is -1.96. The molecule has 0 spiro atoms. The van der Waals surface area contributed by atoms with Crippen LogP contribution in [0.15, 0.2) is 27.9 Å². The van der Waals surface area contributed by atoms with Gasteiger partial charge in [0.15, 0.2) is 5.09 Å². The molecule has 0 saturated heterocycles. The second kappa shape index (κ2) is 3.64. The Bertz CT molecular complexity index is 344. The van der Waals surface area contributed by atoms with E-state index in [1.54, 1.807) is 12.1 Å². The van der Waals surface area contributed by atoms with Crippen molar-refractivity contribution in [3.05, 3.63) is 18.4 Å². The minimum Gasteiger partial charge on any atom is -0.455 e. The summed E-state index contributed by atoms with van der Waals surface area (Å²) in [7, 11) is -2.39. The van der Waals surface area contributed by atoms with Crippen molar-refractivity contribution in [1.82, 2.24) is 0 Å². The molecule has 2 nitrogen and oxygen atoms in total. The lowest BCUT2D eigenvalue weighted by Crippen LogP contribution is -1.93. The van der Waals surface area contributed by atoms with Gasteiger partial charge in [0.05, 0.1) is 6.26 Å². The average Bonchev–Trinajstić information content (AvgIpc) is 2.37. The van der Waals surface area contributed by atoms with E-state index in [-0.39, 0.29) is 0 Å².